The molecule has 0 amide bonds. The fraction of sp³-hybridized carbons (Fsp3) is 0.500. The largest absolute Gasteiger partial charge is 0.480 e. The highest BCUT2D eigenvalue weighted by Crippen LogP contribution is 2.03. The van der Waals surface area contributed by atoms with Crippen molar-refractivity contribution in [3.8, 4) is 0 Å². The first-order valence-electron chi connectivity index (χ1n) is 5.47. The van der Waals surface area contributed by atoms with E-state index in [1.165, 1.54) is 27.3 Å². The molecule has 0 saturated heterocycles. The topological polar surface area (TPSA) is 119 Å². The van der Waals surface area contributed by atoms with Crippen LogP contribution in [0.4, 0.5) is 0 Å². The normalized spacial score (nSPS) is 11.8. The first-order chi connectivity index (χ1) is 9.06. The molecule has 9 nitrogen and oxygen atoms in total. The minimum Gasteiger partial charge on any atom is -0.480 e. The van der Waals surface area contributed by atoms with E-state index in [0.29, 0.717) is 0 Å². The maximum Gasteiger partial charge on any atom is 0.330 e. The minimum absolute atomic E-state index is 0.0751. The van der Waals surface area contributed by atoms with Gasteiger partial charge in [0.05, 0.1) is 0 Å². The molecular weight excluding hydrogens is 290 g/mol. The molecule has 10 heteroatoms. The third-order valence-electron chi connectivity index (χ3n) is 2.69. The summed E-state index contributed by atoms with van der Waals surface area (Å²) in [6, 6.07) is 0. The highest BCUT2D eigenvalue weighted by Gasteiger charge is 2.23. The molecule has 0 bridgehead atoms. The summed E-state index contributed by atoms with van der Waals surface area (Å²) in [6.07, 6.45) is 1.23. The molecule has 0 atom stereocenters. The molecule has 0 aromatic carbocycles. The lowest BCUT2D eigenvalue weighted by Crippen LogP contribution is -2.41. The second-order valence-corrected chi connectivity index (χ2v) is 6.39. The van der Waals surface area contributed by atoms with Crippen LogP contribution in [0.5, 0.6) is 0 Å². The number of aliphatic carboxylic acids is 1. The highest BCUT2D eigenvalue weighted by atomic mass is 32.2. The Morgan fingerprint density at radius 1 is 1.35 bits per heavy atom. The van der Waals surface area contributed by atoms with Gasteiger partial charge in [0, 0.05) is 39.4 Å². The molecule has 1 aromatic heterocycles. The number of carboxylic acids is 1. The lowest BCUT2D eigenvalue weighted by Gasteiger charge is -2.16. The van der Waals surface area contributed by atoms with Crippen molar-refractivity contribution in [2.24, 2.45) is 14.1 Å². The molecule has 0 fully saturated rings. The Bertz CT molecular complexity index is 745. The summed E-state index contributed by atoms with van der Waals surface area (Å²) in [5.74, 6) is -2.54. The van der Waals surface area contributed by atoms with Gasteiger partial charge in [-0.25, -0.2) is 13.2 Å². The average Bonchev–Trinajstić information content (AvgIpc) is 2.31. The van der Waals surface area contributed by atoms with Crippen LogP contribution in [-0.4, -0.2) is 45.7 Å². The number of aromatic nitrogens is 2. The van der Waals surface area contributed by atoms with Crippen molar-refractivity contribution < 1.29 is 18.3 Å². The van der Waals surface area contributed by atoms with Crippen molar-refractivity contribution in [2.45, 2.75) is 6.54 Å². The SMILES string of the molecule is CN(Cc1cn(C)c(=O)n(C)c1=O)S(=O)(=O)CC(=O)O. The summed E-state index contributed by atoms with van der Waals surface area (Å²) in [4.78, 5) is 33.8. The van der Waals surface area contributed by atoms with Crippen molar-refractivity contribution in [3.63, 3.8) is 0 Å². The van der Waals surface area contributed by atoms with Gasteiger partial charge in [0.15, 0.2) is 5.75 Å². The van der Waals surface area contributed by atoms with Gasteiger partial charge in [0.1, 0.15) is 0 Å². The predicted octanol–water partition coefficient (Wildman–Crippen LogP) is -2.07. The lowest BCUT2D eigenvalue weighted by atomic mass is 10.3. The first kappa shape index (κ1) is 16.1. The number of carbonyl (C=O) groups is 1. The van der Waals surface area contributed by atoms with Gasteiger partial charge >= 0.3 is 11.7 Å². The Hall–Kier alpha value is -1.94. The van der Waals surface area contributed by atoms with E-state index in [-0.39, 0.29) is 12.1 Å². The van der Waals surface area contributed by atoms with Crippen LogP contribution in [0.2, 0.25) is 0 Å². The van der Waals surface area contributed by atoms with E-state index in [0.717, 1.165) is 13.4 Å². The molecule has 1 rings (SSSR count). The van der Waals surface area contributed by atoms with Crippen LogP contribution in [0, 0.1) is 0 Å². The Morgan fingerprint density at radius 2 is 1.90 bits per heavy atom. The molecular formula is C10H15N3O6S. The number of sulfonamides is 1. The van der Waals surface area contributed by atoms with E-state index < -0.39 is 33.0 Å². The van der Waals surface area contributed by atoms with Gasteiger partial charge in [-0.1, -0.05) is 0 Å². The van der Waals surface area contributed by atoms with Crippen molar-refractivity contribution in [2.75, 3.05) is 12.8 Å². The van der Waals surface area contributed by atoms with Crippen molar-refractivity contribution in [3.05, 3.63) is 32.6 Å². The van der Waals surface area contributed by atoms with E-state index in [9.17, 15) is 22.8 Å². The number of hydrogen-bond donors (Lipinski definition) is 1. The summed E-state index contributed by atoms with van der Waals surface area (Å²) >= 11 is 0. The third kappa shape index (κ3) is 3.33. The van der Waals surface area contributed by atoms with Gasteiger partial charge in [0.25, 0.3) is 5.56 Å². The quantitative estimate of drug-likeness (QED) is 0.667. The molecule has 0 aliphatic heterocycles. The zero-order valence-electron chi connectivity index (χ0n) is 11.2. The second kappa shape index (κ2) is 5.59. The van der Waals surface area contributed by atoms with Crippen molar-refractivity contribution in [1.29, 1.82) is 0 Å². The number of nitrogens with zero attached hydrogens (tertiary/aromatic N) is 3. The summed E-state index contributed by atoms with van der Waals surface area (Å²) < 4.78 is 26.1. The van der Waals surface area contributed by atoms with E-state index in [1.54, 1.807) is 0 Å². The lowest BCUT2D eigenvalue weighted by molar-refractivity contribution is -0.134. The van der Waals surface area contributed by atoms with Crippen LogP contribution < -0.4 is 11.2 Å². The molecule has 0 unspecified atom stereocenters. The summed E-state index contributed by atoms with van der Waals surface area (Å²) in [5.41, 5.74) is -1.08. The molecule has 0 spiro atoms. The number of carboxylic acid groups (broad SMARTS) is 1. The van der Waals surface area contributed by atoms with Crippen LogP contribution in [0.15, 0.2) is 15.8 Å². The molecule has 1 N–H and O–H groups in total. The zero-order chi connectivity index (χ0) is 15.7. The molecule has 1 heterocycles. The van der Waals surface area contributed by atoms with Crippen LogP contribution in [0.25, 0.3) is 0 Å². The Kier molecular flexibility index (Phi) is 4.50. The minimum atomic E-state index is -4.01. The summed E-state index contributed by atoms with van der Waals surface area (Å²) in [5, 5.41) is 8.53. The Morgan fingerprint density at radius 3 is 2.40 bits per heavy atom. The molecule has 1 aromatic rings. The maximum absolute atomic E-state index is 11.8. The molecule has 0 radical (unpaired) electrons. The smallest absolute Gasteiger partial charge is 0.330 e. The zero-order valence-corrected chi connectivity index (χ0v) is 12.0. The van der Waals surface area contributed by atoms with Crippen LogP contribution in [0.1, 0.15) is 5.56 Å². The number of rotatable bonds is 5. The Balaban J connectivity index is 3.15. The fourth-order valence-electron chi connectivity index (χ4n) is 1.60. The molecule has 20 heavy (non-hydrogen) atoms. The van der Waals surface area contributed by atoms with Crippen molar-refractivity contribution >= 4 is 16.0 Å². The highest BCUT2D eigenvalue weighted by molar-refractivity contribution is 7.89. The maximum atomic E-state index is 11.8. The first-order valence-corrected chi connectivity index (χ1v) is 7.08. The number of aryl methyl sites for hydroxylation is 1. The second-order valence-electron chi connectivity index (χ2n) is 4.32. The predicted molar refractivity (Wildman–Crippen MR) is 69.8 cm³/mol. The molecule has 0 saturated carbocycles. The van der Waals surface area contributed by atoms with Gasteiger partial charge in [-0.05, 0) is 0 Å². The van der Waals surface area contributed by atoms with Crippen LogP contribution in [0.3, 0.4) is 0 Å². The van der Waals surface area contributed by atoms with Crippen LogP contribution in [-0.2, 0) is 35.5 Å². The standard InChI is InChI=1S/C10H15N3O6S/c1-11-4-7(9(16)13(3)10(11)17)5-12(2)20(18,19)6-8(14)15/h4H,5-6H2,1-3H3,(H,14,15). The molecule has 112 valence electrons. The van der Waals surface area contributed by atoms with Gasteiger partial charge in [-0.15, -0.1) is 0 Å². The van der Waals surface area contributed by atoms with Gasteiger partial charge < -0.3 is 9.67 Å². The van der Waals surface area contributed by atoms with E-state index in [4.69, 9.17) is 5.11 Å². The van der Waals surface area contributed by atoms with E-state index >= 15 is 0 Å². The van der Waals surface area contributed by atoms with Gasteiger partial charge in [-0.2, -0.15) is 4.31 Å². The van der Waals surface area contributed by atoms with E-state index in [1.807, 2.05) is 0 Å². The fourth-order valence-corrected chi connectivity index (χ4v) is 2.46. The Labute approximate surface area is 114 Å². The van der Waals surface area contributed by atoms with Gasteiger partial charge in [-0.3, -0.25) is 14.2 Å². The molecule has 0 aliphatic carbocycles. The number of hydrogen-bond acceptors (Lipinski definition) is 5. The van der Waals surface area contributed by atoms with Crippen molar-refractivity contribution in [1.82, 2.24) is 13.4 Å². The van der Waals surface area contributed by atoms with Crippen LogP contribution >= 0.6 is 0 Å². The average molecular weight is 305 g/mol. The third-order valence-corrected chi connectivity index (χ3v) is 4.38. The summed E-state index contributed by atoms with van der Waals surface area (Å²) in [7, 11) is -0.137. The van der Waals surface area contributed by atoms with Gasteiger partial charge in [0.2, 0.25) is 10.0 Å². The van der Waals surface area contributed by atoms with E-state index in [2.05, 4.69) is 0 Å². The molecule has 0 aliphatic rings. The monoisotopic (exact) mass is 305 g/mol. The summed E-state index contributed by atoms with van der Waals surface area (Å²) in [6.45, 7) is -0.309.